The van der Waals surface area contributed by atoms with E-state index in [0.717, 1.165) is 30.5 Å². The molecule has 2 amide bonds. The van der Waals surface area contributed by atoms with Crippen LogP contribution in [0, 0.1) is 40.4 Å². The van der Waals surface area contributed by atoms with Crippen molar-refractivity contribution < 1.29 is 33.4 Å². The number of aliphatic hydroxyl groups excluding tert-OH is 1. The number of aromatic nitrogens is 2. The van der Waals surface area contributed by atoms with Crippen LogP contribution >= 0.6 is 11.8 Å². The summed E-state index contributed by atoms with van der Waals surface area (Å²) in [6.07, 6.45) is 7.57. The summed E-state index contributed by atoms with van der Waals surface area (Å²) in [5.74, 6) is -1.43. The molecule has 48 heavy (non-hydrogen) atoms. The standard InChI is InChI=1S/C36H43FN4O6S/c1-19-11-24-25-9-10-36(33(46)48-18-37,47-32(45)20-7-8-20)35(25,3)15-28(42)30(24)34(2)14-22-16-40-41(27(22)13-26(19)34)23-6-4-5-21(12-23)31(44)39-17-29(38)43/h4-6,12-13,16,19-20,24-25,28,30,42H,7-11,14-15,17-18H2,1-3H3,(H2,38,43)(H,39,44)/t19-,24-,25-,28-,30+,34-,35-,36-/m0/s1. The first kappa shape index (κ1) is 33.0. The molecule has 7 rings (SSSR count). The van der Waals surface area contributed by atoms with Crippen molar-refractivity contribution >= 4 is 40.7 Å². The SMILES string of the molecule is C[C@H]1C[C@@H]2[C@H]([C@@H](O)C[C@@]3(C)[C@H]2CC[C@]3(OC(=O)C2CC2)C(=O)SCF)[C@@]2(C)Cc3cnn(-c4cccc(C(=O)NCC(N)=O)c4)c3C=C12. The van der Waals surface area contributed by atoms with E-state index in [1.165, 1.54) is 5.57 Å². The summed E-state index contributed by atoms with van der Waals surface area (Å²) >= 11 is 0.579. The van der Waals surface area contributed by atoms with Gasteiger partial charge in [-0.15, -0.1) is 0 Å². The van der Waals surface area contributed by atoms with Crippen molar-refractivity contribution in [2.45, 2.75) is 77.4 Å². The molecule has 256 valence electrons. The fourth-order valence-corrected chi connectivity index (χ4v) is 10.9. The Balaban J connectivity index is 1.21. The van der Waals surface area contributed by atoms with Crippen LogP contribution in [-0.4, -0.2) is 62.0 Å². The van der Waals surface area contributed by atoms with Gasteiger partial charge in [-0.3, -0.25) is 19.2 Å². The van der Waals surface area contributed by atoms with E-state index in [9.17, 15) is 28.7 Å². The molecule has 5 aliphatic rings. The molecule has 4 N–H and O–H groups in total. The maximum absolute atomic E-state index is 13.7. The van der Waals surface area contributed by atoms with Gasteiger partial charge in [0.1, 0.15) is 6.01 Å². The summed E-state index contributed by atoms with van der Waals surface area (Å²) < 4.78 is 21.6. The zero-order valence-electron chi connectivity index (χ0n) is 27.5. The molecule has 0 radical (unpaired) electrons. The van der Waals surface area contributed by atoms with E-state index in [0.29, 0.717) is 48.7 Å². The number of primary amides is 1. The maximum atomic E-state index is 13.7. The van der Waals surface area contributed by atoms with Gasteiger partial charge in [0, 0.05) is 11.0 Å². The topological polar surface area (TPSA) is 154 Å². The molecule has 2 aromatic rings. The summed E-state index contributed by atoms with van der Waals surface area (Å²) in [6, 6.07) is 6.16. The fourth-order valence-electron chi connectivity index (χ4n) is 10.2. The lowest BCUT2D eigenvalue weighted by Gasteiger charge is -2.61. The van der Waals surface area contributed by atoms with E-state index in [1.807, 2.05) is 23.9 Å². The Morgan fingerprint density at radius 2 is 1.98 bits per heavy atom. The zero-order valence-corrected chi connectivity index (χ0v) is 28.4. The molecule has 0 unspecified atom stereocenters. The Morgan fingerprint density at radius 1 is 1.21 bits per heavy atom. The molecule has 0 aliphatic heterocycles. The molecule has 0 bridgehead atoms. The average molecular weight is 679 g/mol. The number of benzene rings is 1. The second-order valence-electron chi connectivity index (χ2n) is 15.1. The van der Waals surface area contributed by atoms with Crippen molar-refractivity contribution in [3.8, 4) is 5.69 Å². The number of ether oxygens (including phenoxy) is 1. The zero-order chi connectivity index (χ0) is 34.2. The first-order valence-electron chi connectivity index (χ1n) is 16.9. The number of halogens is 1. The van der Waals surface area contributed by atoms with Crippen molar-refractivity contribution in [3.63, 3.8) is 0 Å². The number of esters is 1. The predicted octanol–water partition coefficient (Wildman–Crippen LogP) is 4.37. The Bertz CT molecular complexity index is 1720. The highest BCUT2D eigenvalue weighted by Crippen LogP contribution is 2.69. The molecule has 10 nitrogen and oxygen atoms in total. The van der Waals surface area contributed by atoms with Crippen LogP contribution in [-0.2, 0) is 25.5 Å². The van der Waals surface area contributed by atoms with Gasteiger partial charge in [0.15, 0.2) is 5.60 Å². The Kier molecular flexibility index (Phi) is 8.13. The Morgan fingerprint density at radius 3 is 2.69 bits per heavy atom. The molecular formula is C36H43FN4O6S. The number of amides is 2. The largest absolute Gasteiger partial charge is 0.449 e. The number of nitrogens with two attached hydrogens (primary N) is 1. The van der Waals surface area contributed by atoms with Crippen molar-refractivity contribution in [1.82, 2.24) is 15.1 Å². The number of fused-ring (bicyclic) bond motifs is 6. The first-order valence-corrected chi connectivity index (χ1v) is 17.9. The van der Waals surface area contributed by atoms with Crippen LogP contribution < -0.4 is 11.1 Å². The summed E-state index contributed by atoms with van der Waals surface area (Å²) in [6.45, 7) is 6.19. The lowest BCUT2D eigenvalue weighted by Crippen LogP contribution is -2.63. The lowest BCUT2D eigenvalue weighted by atomic mass is 9.44. The van der Waals surface area contributed by atoms with Crippen molar-refractivity contribution in [3.05, 3.63) is 52.9 Å². The van der Waals surface area contributed by atoms with Gasteiger partial charge in [0.2, 0.25) is 11.0 Å². The number of nitrogens with zero attached hydrogens (tertiary/aromatic N) is 2. The number of carbonyl (C=O) groups is 4. The van der Waals surface area contributed by atoms with Gasteiger partial charge in [-0.1, -0.05) is 32.4 Å². The van der Waals surface area contributed by atoms with Crippen LogP contribution in [0.15, 0.2) is 36.0 Å². The quantitative estimate of drug-likeness (QED) is 0.348. The average Bonchev–Trinajstić information content (AvgIpc) is 3.75. The molecule has 0 saturated heterocycles. The minimum atomic E-state index is -1.45. The van der Waals surface area contributed by atoms with Gasteiger partial charge in [-0.25, -0.2) is 9.07 Å². The molecule has 12 heteroatoms. The molecular weight excluding hydrogens is 635 g/mol. The molecule has 4 fully saturated rings. The second kappa shape index (κ2) is 11.8. The van der Waals surface area contributed by atoms with Gasteiger partial charge in [-0.05, 0) is 116 Å². The second-order valence-corrected chi connectivity index (χ2v) is 16.0. The smallest absolute Gasteiger partial charge is 0.309 e. The number of hydrogen-bond donors (Lipinski definition) is 3. The van der Waals surface area contributed by atoms with Crippen LogP contribution in [0.25, 0.3) is 11.8 Å². The lowest BCUT2D eigenvalue weighted by molar-refractivity contribution is -0.198. The number of allylic oxidation sites excluding steroid dienone is 1. The summed E-state index contributed by atoms with van der Waals surface area (Å²) in [7, 11) is 0. The van der Waals surface area contributed by atoms with E-state index < -0.39 is 40.1 Å². The van der Waals surface area contributed by atoms with Crippen LogP contribution in [0.5, 0.6) is 0 Å². The van der Waals surface area contributed by atoms with Crippen LogP contribution in [0.2, 0.25) is 0 Å². The Labute approximate surface area is 283 Å². The molecule has 5 aliphatic carbocycles. The van der Waals surface area contributed by atoms with Crippen molar-refractivity contribution in [1.29, 1.82) is 0 Å². The highest BCUT2D eigenvalue weighted by molar-refractivity contribution is 8.13. The van der Waals surface area contributed by atoms with E-state index in [4.69, 9.17) is 15.6 Å². The minimum absolute atomic E-state index is 0.0236. The number of carbonyl (C=O) groups excluding carboxylic acids is 4. The minimum Gasteiger partial charge on any atom is -0.449 e. The monoisotopic (exact) mass is 678 g/mol. The molecule has 8 atom stereocenters. The first-order chi connectivity index (χ1) is 22.8. The normalized spacial score (nSPS) is 34.9. The molecule has 0 spiro atoms. The molecule has 1 aromatic carbocycles. The van der Waals surface area contributed by atoms with Gasteiger partial charge in [-0.2, -0.15) is 5.10 Å². The number of aliphatic hydroxyl groups is 1. The van der Waals surface area contributed by atoms with Crippen molar-refractivity contribution in [2.75, 3.05) is 12.6 Å². The van der Waals surface area contributed by atoms with Gasteiger partial charge in [0.25, 0.3) is 5.91 Å². The molecule has 1 aromatic heterocycles. The van der Waals surface area contributed by atoms with Gasteiger partial charge >= 0.3 is 5.97 Å². The van der Waals surface area contributed by atoms with E-state index >= 15 is 0 Å². The van der Waals surface area contributed by atoms with Gasteiger partial charge in [0.05, 0.1) is 36.1 Å². The van der Waals surface area contributed by atoms with Gasteiger partial charge < -0.3 is 20.9 Å². The Hall–Kier alpha value is -3.51. The fraction of sp³-hybridized carbons (Fsp3) is 0.583. The van der Waals surface area contributed by atoms with E-state index in [-0.39, 0.29) is 47.5 Å². The number of nitrogens with one attached hydrogen (secondary N) is 1. The third-order valence-corrected chi connectivity index (χ3v) is 13.0. The predicted molar refractivity (Wildman–Crippen MR) is 177 cm³/mol. The summed E-state index contributed by atoms with van der Waals surface area (Å²) in [5.41, 5.74) is 6.84. The maximum Gasteiger partial charge on any atom is 0.309 e. The third-order valence-electron chi connectivity index (χ3n) is 12.3. The highest BCUT2D eigenvalue weighted by atomic mass is 32.2. The molecule has 4 saturated carbocycles. The van der Waals surface area contributed by atoms with Crippen LogP contribution in [0.1, 0.15) is 80.9 Å². The summed E-state index contributed by atoms with van der Waals surface area (Å²) in [4.78, 5) is 50.6. The third kappa shape index (κ3) is 5.04. The molecule has 1 heterocycles. The summed E-state index contributed by atoms with van der Waals surface area (Å²) in [5, 5.41) is 19.0. The highest BCUT2D eigenvalue weighted by Gasteiger charge is 2.71. The number of thioether (sulfide) groups is 1. The van der Waals surface area contributed by atoms with Crippen LogP contribution in [0.3, 0.4) is 0 Å². The van der Waals surface area contributed by atoms with E-state index in [2.05, 4.69) is 25.2 Å². The van der Waals surface area contributed by atoms with Crippen LogP contribution in [0.4, 0.5) is 4.39 Å². The van der Waals surface area contributed by atoms with Crippen molar-refractivity contribution in [2.24, 2.45) is 46.2 Å². The number of alkyl halides is 1. The van der Waals surface area contributed by atoms with E-state index in [1.54, 1.807) is 18.2 Å². The number of rotatable bonds is 8. The number of hydrogen-bond acceptors (Lipinski definition) is 8.